The number of rotatable bonds is 3. The maximum absolute atomic E-state index is 11.8. The number of aromatic amines is 1. The summed E-state index contributed by atoms with van der Waals surface area (Å²) in [5.74, 6) is -0.273. The smallest absolute Gasteiger partial charge is 0.268 e. The third-order valence-corrected chi connectivity index (χ3v) is 4.01. The summed E-state index contributed by atoms with van der Waals surface area (Å²) in [6.45, 7) is 0.349. The summed E-state index contributed by atoms with van der Waals surface area (Å²) in [6, 6.07) is 1.49. The lowest BCUT2D eigenvalue weighted by Gasteiger charge is -2.00. The molecule has 5 nitrogen and oxygen atoms in total. The van der Waals surface area contributed by atoms with Crippen LogP contribution in [0.5, 0.6) is 0 Å². The van der Waals surface area contributed by atoms with Crippen molar-refractivity contribution in [1.82, 2.24) is 19.7 Å². The molecule has 0 unspecified atom stereocenters. The van der Waals surface area contributed by atoms with E-state index in [-0.39, 0.29) is 11.1 Å². The largest absolute Gasteiger partial charge is 0.345 e. The zero-order valence-corrected chi connectivity index (χ0v) is 11.8. The van der Waals surface area contributed by atoms with Crippen LogP contribution in [0, 0.1) is 0 Å². The van der Waals surface area contributed by atoms with Crippen LogP contribution in [0.1, 0.15) is 16.2 Å². The van der Waals surface area contributed by atoms with Gasteiger partial charge in [-0.3, -0.25) is 9.20 Å². The summed E-state index contributed by atoms with van der Waals surface area (Å²) in [5.41, 5.74) is 1.12. The number of hydrogen-bond donors (Lipinski definition) is 2. The first kappa shape index (κ1) is 12.5. The van der Waals surface area contributed by atoms with Crippen LogP contribution in [0.2, 0.25) is 10.2 Å². The molecule has 3 aromatic heterocycles. The zero-order valence-electron chi connectivity index (χ0n) is 9.48. The number of amides is 1. The van der Waals surface area contributed by atoms with Crippen LogP contribution in [-0.2, 0) is 6.54 Å². The summed E-state index contributed by atoms with van der Waals surface area (Å²) in [5, 5.41) is 5.29. The highest BCUT2D eigenvalue weighted by Crippen LogP contribution is 2.21. The average Bonchev–Trinajstić information content (AvgIpc) is 3.02. The monoisotopic (exact) mass is 314 g/mol. The number of imidazole rings is 1. The minimum atomic E-state index is -0.273. The molecule has 0 aliphatic rings. The van der Waals surface area contributed by atoms with Gasteiger partial charge in [0.15, 0.2) is 4.96 Å². The first-order valence-corrected chi connectivity index (χ1v) is 7.00. The minimum absolute atomic E-state index is 0.259. The Labute approximate surface area is 122 Å². The van der Waals surface area contributed by atoms with Crippen molar-refractivity contribution in [1.29, 1.82) is 0 Å². The highest BCUT2D eigenvalue weighted by molar-refractivity contribution is 7.15. The Morgan fingerprint density at radius 1 is 1.53 bits per heavy atom. The van der Waals surface area contributed by atoms with E-state index in [0.29, 0.717) is 17.3 Å². The molecular formula is C11H8Cl2N4OS. The summed E-state index contributed by atoms with van der Waals surface area (Å²) in [6.07, 6.45) is 3.80. The van der Waals surface area contributed by atoms with Gasteiger partial charge in [-0.1, -0.05) is 23.2 Å². The van der Waals surface area contributed by atoms with Gasteiger partial charge in [-0.15, -0.1) is 11.3 Å². The molecule has 0 aliphatic heterocycles. The Kier molecular flexibility index (Phi) is 3.22. The van der Waals surface area contributed by atoms with Gasteiger partial charge in [0.25, 0.3) is 5.91 Å². The third-order valence-electron chi connectivity index (χ3n) is 2.54. The summed E-state index contributed by atoms with van der Waals surface area (Å²) >= 11 is 13.1. The van der Waals surface area contributed by atoms with E-state index >= 15 is 0 Å². The van der Waals surface area contributed by atoms with Crippen molar-refractivity contribution in [3.8, 4) is 0 Å². The molecule has 0 spiro atoms. The molecule has 0 atom stereocenters. The highest BCUT2D eigenvalue weighted by Gasteiger charge is 2.12. The van der Waals surface area contributed by atoms with Crippen LogP contribution in [0.3, 0.4) is 0 Å². The van der Waals surface area contributed by atoms with Gasteiger partial charge in [0.1, 0.15) is 10.8 Å². The number of halogens is 2. The summed E-state index contributed by atoms with van der Waals surface area (Å²) in [7, 11) is 0. The van der Waals surface area contributed by atoms with E-state index in [4.69, 9.17) is 23.2 Å². The van der Waals surface area contributed by atoms with Gasteiger partial charge in [0.2, 0.25) is 0 Å². The fraction of sp³-hybridized carbons (Fsp3) is 0.0909. The number of nitrogens with one attached hydrogen (secondary N) is 2. The molecule has 0 aromatic carbocycles. The molecule has 0 saturated heterocycles. The van der Waals surface area contributed by atoms with E-state index in [1.54, 1.807) is 11.3 Å². The van der Waals surface area contributed by atoms with Crippen LogP contribution in [0.25, 0.3) is 4.96 Å². The van der Waals surface area contributed by atoms with Crippen LogP contribution in [-0.4, -0.2) is 20.3 Å². The van der Waals surface area contributed by atoms with Gasteiger partial charge in [0.05, 0.1) is 17.3 Å². The van der Waals surface area contributed by atoms with E-state index in [1.165, 1.54) is 6.07 Å². The molecule has 3 aromatic rings. The predicted molar refractivity (Wildman–Crippen MR) is 75.1 cm³/mol. The SMILES string of the molecule is O=C(NCc1cn2ccsc2n1)c1cc(Cl)c(Cl)[nH]1. The van der Waals surface area contributed by atoms with Crippen LogP contribution in [0.4, 0.5) is 0 Å². The maximum atomic E-state index is 11.8. The summed E-state index contributed by atoms with van der Waals surface area (Å²) < 4.78 is 1.91. The average molecular weight is 315 g/mol. The van der Waals surface area contributed by atoms with Crippen LogP contribution >= 0.6 is 34.5 Å². The van der Waals surface area contributed by atoms with E-state index in [0.717, 1.165) is 10.7 Å². The first-order chi connectivity index (χ1) is 9.13. The van der Waals surface area contributed by atoms with Gasteiger partial charge < -0.3 is 10.3 Å². The van der Waals surface area contributed by atoms with Gasteiger partial charge in [-0.25, -0.2) is 4.98 Å². The Bertz CT molecular complexity index is 697. The fourth-order valence-corrected chi connectivity index (χ4v) is 2.69. The van der Waals surface area contributed by atoms with E-state index in [2.05, 4.69) is 15.3 Å². The number of carbonyl (C=O) groups is 1. The maximum Gasteiger partial charge on any atom is 0.268 e. The quantitative estimate of drug-likeness (QED) is 0.780. The molecule has 3 rings (SSSR count). The molecule has 0 fully saturated rings. The van der Waals surface area contributed by atoms with Gasteiger partial charge in [-0.2, -0.15) is 0 Å². The number of H-pyrrole nitrogens is 1. The number of nitrogens with zero attached hydrogens (tertiary/aromatic N) is 2. The Morgan fingerprint density at radius 3 is 3.05 bits per heavy atom. The first-order valence-electron chi connectivity index (χ1n) is 5.37. The van der Waals surface area contributed by atoms with Crippen molar-refractivity contribution in [3.63, 3.8) is 0 Å². The fourth-order valence-electron chi connectivity index (χ4n) is 1.65. The van der Waals surface area contributed by atoms with Gasteiger partial charge >= 0.3 is 0 Å². The molecule has 98 valence electrons. The Morgan fingerprint density at radius 2 is 2.37 bits per heavy atom. The second-order valence-corrected chi connectivity index (χ2v) is 5.51. The minimum Gasteiger partial charge on any atom is -0.345 e. The Hall–Kier alpha value is -1.50. The molecule has 1 amide bonds. The molecule has 0 saturated carbocycles. The van der Waals surface area contributed by atoms with Crippen molar-refractivity contribution in [2.45, 2.75) is 6.54 Å². The number of thiazole rings is 1. The van der Waals surface area contributed by atoms with Crippen LogP contribution in [0.15, 0.2) is 23.8 Å². The summed E-state index contributed by atoms with van der Waals surface area (Å²) in [4.78, 5) is 19.8. The highest BCUT2D eigenvalue weighted by atomic mass is 35.5. The van der Waals surface area contributed by atoms with Crippen molar-refractivity contribution < 1.29 is 4.79 Å². The number of fused-ring (bicyclic) bond motifs is 1. The topological polar surface area (TPSA) is 62.2 Å². The molecule has 8 heteroatoms. The molecule has 0 bridgehead atoms. The predicted octanol–water partition coefficient (Wildman–Crippen LogP) is 2.96. The lowest BCUT2D eigenvalue weighted by atomic mass is 10.4. The van der Waals surface area contributed by atoms with E-state index < -0.39 is 0 Å². The van der Waals surface area contributed by atoms with E-state index in [1.807, 2.05) is 22.2 Å². The van der Waals surface area contributed by atoms with Crippen molar-refractivity contribution in [2.75, 3.05) is 0 Å². The lowest BCUT2D eigenvalue weighted by molar-refractivity contribution is 0.0946. The molecule has 0 radical (unpaired) electrons. The van der Waals surface area contributed by atoms with E-state index in [9.17, 15) is 4.79 Å². The number of carbonyl (C=O) groups excluding carboxylic acids is 1. The van der Waals surface area contributed by atoms with Gasteiger partial charge in [-0.05, 0) is 6.07 Å². The van der Waals surface area contributed by atoms with Crippen LogP contribution < -0.4 is 5.32 Å². The number of aromatic nitrogens is 3. The number of hydrogen-bond acceptors (Lipinski definition) is 3. The molecule has 2 N–H and O–H groups in total. The molecule has 3 heterocycles. The zero-order chi connectivity index (χ0) is 13.4. The molecule has 19 heavy (non-hydrogen) atoms. The van der Waals surface area contributed by atoms with Gasteiger partial charge in [0, 0.05) is 17.8 Å². The van der Waals surface area contributed by atoms with Crippen molar-refractivity contribution in [2.24, 2.45) is 0 Å². The third kappa shape index (κ3) is 2.47. The standard InChI is InChI=1S/C11H8Cl2N4OS/c12-7-3-8(16-9(7)13)10(18)14-4-6-5-17-1-2-19-11(17)15-6/h1-3,5,16H,4H2,(H,14,18). The molecular weight excluding hydrogens is 307 g/mol. The normalized spacial score (nSPS) is 11.1. The van der Waals surface area contributed by atoms with Crippen molar-refractivity contribution >= 4 is 45.4 Å². The Balaban J connectivity index is 1.68. The van der Waals surface area contributed by atoms with Crippen molar-refractivity contribution in [3.05, 3.63) is 45.4 Å². The molecule has 0 aliphatic carbocycles. The second kappa shape index (κ2) is 4.88. The second-order valence-electron chi connectivity index (χ2n) is 3.85. The lowest BCUT2D eigenvalue weighted by Crippen LogP contribution is -2.23.